The van der Waals surface area contributed by atoms with Gasteiger partial charge >= 0.3 is 0 Å². The van der Waals surface area contributed by atoms with E-state index >= 15 is 0 Å². The molecule has 0 aliphatic rings. The van der Waals surface area contributed by atoms with Crippen molar-refractivity contribution in [3.8, 4) is 0 Å². The van der Waals surface area contributed by atoms with E-state index in [1.165, 1.54) is 18.4 Å². The predicted octanol–water partition coefficient (Wildman–Crippen LogP) is 0.853. The number of methoxy groups -OCH3 is 1. The fraction of sp³-hybridized carbons (Fsp3) is 0.500. The van der Waals surface area contributed by atoms with Crippen molar-refractivity contribution in [3.05, 3.63) is 16.1 Å². The van der Waals surface area contributed by atoms with Gasteiger partial charge in [0.1, 0.15) is 6.10 Å². The fourth-order valence-corrected chi connectivity index (χ4v) is 1.60. The molecule has 0 saturated heterocycles. The summed E-state index contributed by atoms with van der Waals surface area (Å²) in [6, 6.07) is 0. The standard InChI is InChI=1S/C8H11NO3S/c1-5(12-2)7(11)8-9-6(3-10)4-13-8/h4-5,10H,3H2,1-2H3. The number of carbonyl (C=O) groups excluding carboxylic acids is 1. The summed E-state index contributed by atoms with van der Waals surface area (Å²) < 4.78 is 4.86. The van der Waals surface area contributed by atoms with Crippen LogP contribution in [0.4, 0.5) is 0 Å². The molecule has 0 aliphatic carbocycles. The first-order valence-corrected chi connectivity index (χ1v) is 4.69. The summed E-state index contributed by atoms with van der Waals surface area (Å²) in [5, 5.41) is 10.8. The number of aliphatic hydroxyl groups excluding tert-OH is 1. The molecule has 0 aromatic carbocycles. The van der Waals surface area contributed by atoms with Gasteiger partial charge in [-0.2, -0.15) is 0 Å². The van der Waals surface area contributed by atoms with Crippen molar-refractivity contribution >= 4 is 17.1 Å². The molecule has 72 valence electrons. The Morgan fingerprint density at radius 2 is 2.54 bits per heavy atom. The number of ketones is 1. The van der Waals surface area contributed by atoms with Gasteiger partial charge < -0.3 is 9.84 Å². The average Bonchev–Trinajstić information content (AvgIpc) is 2.63. The average molecular weight is 201 g/mol. The molecule has 0 radical (unpaired) electrons. The maximum Gasteiger partial charge on any atom is 0.219 e. The lowest BCUT2D eigenvalue weighted by Gasteiger charge is -2.04. The van der Waals surface area contributed by atoms with Crippen molar-refractivity contribution in [2.75, 3.05) is 7.11 Å². The molecule has 1 N–H and O–H groups in total. The number of hydrogen-bond acceptors (Lipinski definition) is 5. The molecule has 1 unspecified atom stereocenters. The highest BCUT2D eigenvalue weighted by Crippen LogP contribution is 2.12. The molecule has 0 saturated carbocycles. The van der Waals surface area contributed by atoms with Gasteiger partial charge in [-0.3, -0.25) is 4.79 Å². The number of aromatic nitrogens is 1. The summed E-state index contributed by atoms with van der Waals surface area (Å²) in [6.45, 7) is 1.54. The molecule has 5 heteroatoms. The molecular formula is C8H11NO3S. The largest absolute Gasteiger partial charge is 0.390 e. The first-order valence-electron chi connectivity index (χ1n) is 3.81. The van der Waals surface area contributed by atoms with Crippen LogP contribution in [0, 0.1) is 0 Å². The number of rotatable bonds is 4. The maximum atomic E-state index is 11.4. The smallest absolute Gasteiger partial charge is 0.219 e. The van der Waals surface area contributed by atoms with E-state index in [4.69, 9.17) is 9.84 Å². The SMILES string of the molecule is COC(C)C(=O)c1nc(CO)cs1. The minimum absolute atomic E-state index is 0.134. The van der Waals surface area contributed by atoms with Gasteiger partial charge in [0.2, 0.25) is 5.78 Å². The second-order valence-corrected chi connectivity index (χ2v) is 3.40. The highest BCUT2D eigenvalue weighted by atomic mass is 32.1. The van der Waals surface area contributed by atoms with Gasteiger partial charge in [-0.05, 0) is 6.92 Å². The summed E-state index contributed by atoms with van der Waals surface area (Å²) in [6.07, 6.45) is -0.474. The van der Waals surface area contributed by atoms with Gasteiger partial charge in [-0.15, -0.1) is 11.3 Å². The monoisotopic (exact) mass is 201 g/mol. The van der Waals surface area contributed by atoms with Gasteiger partial charge in [0, 0.05) is 12.5 Å². The Labute approximate surface area is 80.2 Å². The van der Waals surface area contributed by atoms with E-state index in [0.29, 0.717) is 10.7 Å². The van der Waals surface area contributed by atoms with Crippen LogP contribution in [0.25, 0.3) is 0 Å². The summed E-state index contributed by atoms with van der Waals surface area (Å²) >= 11 is 1.23. The van der Waals surface area contributed by atoms with Crippen LogP contribution in [-0.2, 0) is 11.3 Å². The lowest BCUT2D eigenvalue weighted by atomic mass is 10.3. The van der Waals surface area contributed by atoms with E-state index in [1.54, 1.807) is 12.3 Å². The van der Waals surface area contributed by atoms with E-state index in [9.17, 15) is 4.79 Å². The Morgan fingerprint density at radius 1 is 1.85 bits per heavy atom. The Bertz CT molecular complexity index is 297. The predicted molar refractivity (Wildman–Crippen MR) is 48.8 cm³/mol. The Hall–Kier alpha value is -0.780. The van der Waals surface area contributed by atoms with Crippen molar-refractivity contribution in [1.82, 2.24) is 4.98 Å². The van der Waals surface area contributed by atoms with Gasteiger partial charge in [0.25, 0.3) is 0 Å². The number of Topliss-reactive ketones (excluding diaryl/α,β-unsaturated/α-hetero) is 1. The molecule has 1 aromatic heterocycles. The third-order valence-electron chi connectivity index (χ3n) is 1.65. The normalized spacial score (nSPS) is 12.8. The third kappa shape index (κ3) is 2.33. The quantitative estimate of drug-likeness (QED) is 0.734. The molecule has 0 spiro atoms. The molecule has 1 aromatic rings. The summed E-state index contributed by atoms with van der Waals surface area (Å²) in [5.41, 5.74) is 0.525. The molecule has 1 rings (SSSR count). The Morgan fingerprint density at radius 3 is 3.00 bits per heavy atom. The van der Waals surface area contributed by atoms with Gasteiger partial charge in [0.15, 0.2) is 5.01 Å². The molecule has 0 aliphatic heterocycles. The van der Waals surface area contributed by atoms with E-state index in [0.717, 1.165) is 0 Å². The zero-order valence-corrected chi connectivity index (χ0v) is 8.30. The number of nitrogens with zero attached hydrogens (tertiary/aromatic N) is 1. The summed E-state index contributed by atoms with van der Waals surface area (Å²) in [4.78, 5) is 15.4. The lowest BCUT2D eigenvalue weighted by molar-refractivity contribution is 0.0655. The zero-order valence-electron chi connectivity index (χ0n) is 7.48. The maximum absolute atomic E-state index is 11.4. The molecule has 0 fully saturated rings. The highest BCUT2D eigenvalue weighted by Gasteiger charge is 2.17. The van der Waals surface area contributed by atoms with Crippen molar-refractivity contribution in [3.63, 3.8) is 0 Å². The number of hydrogen-bond donors (Lipinski definition) is 1. The number of thiazole rings is 1. The number of aliphatic hydroxyl groups is 1. The van der Waals surface area contributed by atoms with E-state index in [2.05, 4.69) is 4.98 Å². The molecule has 13 heavy (non-hydrogen) atoms. The van der Waals surface area contributed by atoms with E-state index in [1.807, 2.05) is 0 Å². The van der Waals surface area contributed by atoms with Crippen LogP contribution in [0.15, 0.2) is 5.38 Å². The first kappa shape index (κ1) is 10.3. The molecule has 1 heterocycles. The van der Waals surface area contributed by atoms with Crippen molar-refractivity contribution < 1.29 is 14.6 Å². The van der Waals surface area contributed by atoms with E-state index < -0.39 is 6.10 Å². The van der Waals surface area contributed by atoms with Crippen LogP contribution >= 0.6 is 11.3 Å². The first-order chi connectivity index (χ1) is 6.19. The zero-order chi connectivity index (χ0) is 9.84. The second kappa shape index (κ2) is 4.45. The second-order valence-electron chi connectivity index (χ2n) is 2.54. The van der Waals surface area contributed by atoms with Crippen LogP contribution in [-0.4, -0.2) is 29.1 Å². The molecule has 1 atom stereocenters. The molecule has 0 amide bonds. The summed E-state index contributed by atoms with van der Waals surface area (Å²) in [7, 11) is 1.48. The van der Waals surface area contributed by atoms with Crippen LogP contribution in [0.1, 0.15) is 22.4 Å². The van der Waals surface area contributed by atoms with Gasteiger partial charge in [-0.25, -0.2) is 4.98 Å². The minimum Gasteiger partial charge on any atom is -0.390 e. The van der Waals surface area contributed by atoms with Crippen LogP contribution in [0.5, 0.6) is 0 Å². The van der Waals surface area contributed by atoms with Crippen LogP contribution in [0.2, 0.25) is 0 Å². The fourth-order valence-electron chi connectivity index (χ4n) is 0.774. The third-order valence-corrected chi connectivity index (χ3v) is 2.55. The molecule has 4 nitrogen and oxygen atoms in total. The minimum atomic E-state index is -0.474. The van der Waals surface area contributed by atoms with E-state index in [-0.39, 0.29) is 12.4 Å². The van der Waals surface area contributed by atoms with Gasteiger partial charge in [-0.1, -0.05) is 0 Å². The van der Waals surface area contributed by atoms with Crippen molar-refractivity contribution in [2.24, 2.45) is 0 Å². The number of carbonyl (C=O) groups is 1. The van der Waals surface area contributed by atoms with Crippen LogP contribution in [0.3, 0.4) is 0 Å². The van der Waals surface area contributed by atoms with Crippen molar-refractivity contribution in [2.45, 2.75) is 19.6 Å². The molecular weight excluding hydrogens is 190 g/mol. The topological polar surface area (TPSA) is 59.4 Å². The highest BCUT2D eigenvalue weighted by molar-refractivity contribution is 7.11. The lowest BCUT2D eigenvalue weighted by Crippen LogP contribution is -2.18. The van der Waals surface area contributed by atoms with Crippen molar-refractivity contribution in [1.29, 1.82) is 0 Å². The number of ether oxygens (including phenoxy) is 1. The Balaban J connectivity index is 2.77. The molecule has 0 bridgehead atoms. The Kier molecular flexibility index (Phi) is 3.53. The van der Waals surface area contributed by atoms with Gasteiger partial charge in [0.05, 0.1) is 12.3 Å². The van der Waals surface area contributed by atoms with Crippen LogP contribution < -0.4 is 0 Å². The summed E-state index contributed by atoms with van der Waals surface area (Å²) in [5.74, 6) is -0.146.